The van der Waals surface area contributed by atoms with Gasteiger partial charge < -0.3 is 0 Å². The predicted molar refractivity (Wildman–Crippen MR) is 110 cm³/mol. The number of hydrogen-bond donors (Lipinski definition) is 0. The summed E-state index contributed by atoms with van der Waals surface area (Å²) in [4.78, 5) is 24.9. The molecule has 0 saturated carbocycles. The van der Waals surface area contributed by atoms with E-state index in [4.69, 9.17) is 0 Å². The highest BCUT2D eigenvalue weighted by atomic mass is 32.2. The van der Waals surface area contributed by atoms with Crippen molar-refractivity contribution in [3.63, 3.8) is 0 Å². The molecule has 0 saturated heterocycles. The summed E-state index contributed by atoms with van der Waals surface area (Å²) >= 11 is 0. The molecule has 2 amide bonds. The maximum Gasteiger partial charge on any atom is 0.282 e. The highest BCUT2D eigenvalue weighted by Gasteiger charge is 2.35. The molecule has 1 unspecified atom stereocenters. The van der Waals surface area contributed by atoms with E-state index in [0.717, 1.165) is 10.6 Å². The fourth-order valence-corrected chi connectivity index (χ4v) is 4.46. The summed E-state index contributed by atoms with van der Waals surface area (Å²) in [6.45, 7) is 7.10. The van der Waals surface area contributed by atoms with Gasteiger partial charge in [-0.1, -0.05) is 35.9 Å². The second-order valence-electron chi connectivity index (χ2n) is 6.63. The lowest BCUT2D eigenvalue weighted by Crippen LogP contribution is -2.39. The average Bonchev–Trinajstić information content (AvgIpc) is 2.95. The van der Waals surface area contributed by atoms with Gasteiger partial charge in [0.15, 0.2) is 0 Å². The number of benzene rings is 2. The van der Waals surface area contributed by atoms with Gasteiger partial charge in [0.2, 0.25) is 10.0 Å². The summed E-state index contributed by atoms with van der Waals surface area (Å²) in [6.07, 6.45) is 2.75. The molecular formula is C21H21N3O4S. The minimum absolute atomic E-state index is 0.128. The quantitative estimate of drug-likeness (QED) is 0.398. The summed E-state index contributed by atoms with van der Waals surface area (Å²) < 4.78 is 27.3. The van der Waals surface area contributed by atoms with Crippen LogP contribution in [0.15, 0.2) is 71.2 Å². The first-order valence-electron chi connectivity index (χ1n) is 8.98. The van der Waals surface area contributed by atoms with Crippen molar-refractivity contribution in [1.29, 1.82) is 0 Å². The van der Waals surface area contributed by atoms with E-state index in [2.05, 4.69) is 11.7 Å². The predicted octanol–water partition coefficient (Wildman–Crippen LogP) is 2.84. The molecule has 2 aromatic rings. The second-order valence-corrected chi connectivity index (χ2v) is 8.52. The standard InChI is InChI=1S/C21H21N3O4S/c1-4-16(3)23(29(27,28)17-11-9-15(2)10-12-17)14-13-22-24-20(25)18-7-5-6-8-19(18)21(24)26/h4-13,16H,1,14H2,2-3H3/b22-13+. The van der Waals surface area contributed by atoms with Crippen LogP contribution in [-0.2, 0) is 10.0 Å². The second kappa shape index (κ2) is 8.10. The van der Waals surface area contributed by atoms with Gasteiger partial charge in [0.1, 0.15) is 0 Å². The molecule has 1 aliphatic heterocycles. The first-order chi connectivity index (χ1) is 13.8. The van der Waals surface area contributed by atoms with Gasteiger partial charge in [0.05, 0.1) is 22.6 Å². The van der Waals surface area contributed by atoms with Crippen molar-refractivity contribution in [3.8, 4) is 0 Å². The number of carbonyl (C=O) groups is 2. The van der Waals surface area contributed by atoms with Crippen molar-refractivity contribution in [2.24, 2.45) is 5.10 Å². The third-order valence-corrected chi connectivity index (χ3v) is 6.62. The molecule has 7 nitrogen and oxygen atoms in total. The zero-order valence-corrected chi connectivity index (χ0v) is 17.0. The number of fused-ring (bicyclic) bond motifs is 1. The largest absolute Gasteiger partial charge is 0.282 e. The fraction of sp³-hybridized carbons (Fsp3) is 0.190. The van der Waals surface area contributed by atoms with Gasteiger partial charge in [0.25, 0.3) is 11.8 Å². The van der Waals surface area contributed by atoms with Crippen LogP contribution in [-0.4, -0.2) is 48.3 Å². The van der Waals surface area contributed by atoms with Gasteiger partial charge in [-0.05, 0) is 38.1 Å². The minimum Gasteiger partial charge on any atom is -0.267 e. The minimum atomic E-state index is -3.82. The third-order valence-electron chi connectivity index (χ3n) is 4.65. The summed E-state index contributed by atoms with van der Waals surface area (Å²) in [5.74, 6) is -1.07. The molecule has 0 fully saturated rings. The van der Waals surface area contributed by atoms with Crippen molar-refractivity contribution in [1.82, 2.24) is 9.31 Å². The number of sulfonamides is 1. The molecule has 0 aliphatic carbocycles. The van der Waals surface area contributed by atoms with Crippen molar-refractivity contribution in [2.45, 2.75) is 24.8 Å². The Morgan fingerprint density at radius 3 is 2.14 bits per heavy atom. The first kappa shape index (κ1) is 20.6. The molecule has 0 aromatic heterocycles. The smallest absolute Gasteiger partial charge is 0.267 e. The van der Waals surface area contributed by atoms with E-state index in [9.17, 15) is 18.0 Å². The Bertz CT molecular complexity index is 1060. The lowest BCUT2D eigenvalue weighted by molar-refractivity contribution is 0.0659. The SMILES string of the molecule is C=CC(C)N(C/C=N/N1C(=O)c2ccccc2C1=O)S(=O)(=O)c1ccc(C)cc1. The van der Waals surface area contributed by atoms with Gasteiger partial charge in [-0.3, -0.25) is 9.59 Å². The number of nitrogens with zero attached hydrogens (tertiary/aromatic N) is 3. The first-order valence-corrected chi connectivity index (χ1v) is 10.4. The van der Waals surface area contributed by atoms with Gasteiger partial charge in [-0.2, -0.15) is 14.4 Å². The van der Waals surface area contributed by atoms with Gasteiger partial charge in [-0.25, -0.2) is 8.42 Å². The summed E-state index contributed by atoms with van der Waals surface area (Å²) in [7, 11) is -3.82. The van der Waals surface area contributed by atoms with Crippen molar-refractivity contribution in [2.75, 3.05) is 6.54 Å². The lowest BCUT2D eigenvalue weighted by Gasteiger charge is -2.25. The number of carbonyl (C=O) groups excluding carboxylic acids is 2. The van der Waals surface area contributed by atoms with Crippen LogP contribution in [0, 0.1) is 6.92 Å². The Balaban J connectivity index is 1.84. The number of imide groups is 1. The highest BCUT2D eigenvalue weighted by Crippen LogP contribution is 2.23. The number of rotatable bonds is 7. The fourth-order valence-electron chi connectivity index (χ4n) is 2.93. The van der Waals surface area contributed by atoms with E-state index >= 15 is 0 Å². The Morgan fingerprint density at radius 2 is 1.62 bits per heavy atom. The Kier molecular flexibility index (Phi) is 5.76. The molecule has 0 radical (unpaired) electrons. The summed E-state index contributed by atoms with van der Waals surface area (Å²) in [5.41, 5.74) is 1.50. The summed E-state index contributed by atoms with van der Waals surface area (Å²) in [6, 6.07) is 12.4. The average molecular weight is 411 g/mol. The van der Waals surface area contributed by atoms with Crippen molar-refractivity contribution >= 4 is 28.1 Å². The highest BCUT2D eigenvalue weighted by molar-refractivity contribution is 7.89. The number of hydrogen-bond acceptors (Lipinski definition) is 5. The molecule has 0 N–H and O–H groups in total. The zero-order chi connectivity index (χ0) is 21.2. The molecule has 29 heavy (non-hydrogen) atoms. The molecule has 1 heterocycles. The molecular weight excluding hydrogens is 390 g/mol. The van der Waals surface area contributed by atoms with Crippen LogP contribution in [0.25, 0.3) is 0 Å². The van der Waals surface area contributed by atoms with Gasteiger partial charge in [0, 0.05) is 12.3 Å². The van der Waals surface area contributed by atoms with Crippen LogP contribution in [0.1, 0.15) is 33.2 Å². The number of aryl methyl sites for hydroxylation is 1. The van der Waals surface area contributed by atoms with E-state index in [-0.39, 0.29) is 22.6 Å². The maximum atomic E-state index is 13.0. The molecule has 3 rings (SSSR count). The van der Waals surface area contributed by atoms with Crippen LogP contribution in [0.2, 0.25) is 0 Å². The van der Waals surface area contributed by atoms with Gasteiger partial charge >= 0.3 is 0 Å². The van der Waals surface area contributed by atoms with Crippen molar-refractivity contribution < 1.29 is 18.0 Å². The topological polar surface area (TPSA) is 87.1 Å². The normalized spacial score (nSPS) is 15.2. The lowest BCUT2D eigenvalue weighted by atomic mass is 10.1. The molecule has 1 atom stereocenters. The third kappa shape index (κ3) is 3.90. The molecule has 0 spiro atoms. The van der Waals surface area contributed by atoms with Crippen LogP contribution in [0.3, 0.4) is 0 Å². The Labute approximate surface area is 170 Å². The monoisotopic (exact) mass is 411 g/mol. The zero-order valence-electron chi connectivity index (χ0n) is 16.1. The van der Waals surface area contributed by atoms with Gasteiger partial charge in [-0.15, -0.1) is 6.58 Å². The maximum absolute atomic E-state index is 13.0. The number of amides is 2. The van der Waals surface area contributed by atoms with Crippen LogP contribution in [0.4, 0.5) is 0 Å². The molecule has 8 heteroatoms. The van der Waals surface area contributed by atoms with E-state index in [0.29, 0.717) is 0 Å². The van der Waals surface area contributed by atoms with Crippen LogP contribution < -0.4 is 0 Å². The molecule has 2 aromatic carbocycles. The van der Waals surface area contributed by atoms with E-state index in [1.807, 2.05) is 6.92 Å². The van der Waals surface area contributed by atoms with E-state index < -0.39 is 27.9 Å². The number of hydrazone groups is 1. The van der Waals surface area contributed by atoms with E-state index in [1.165, 1.54) is 28.7 Å². The molecule has 150 valence electrons. The molecule has 1 aliphatic rings. The van der Waals surface area contributed by atoms with Crippen LogP contribution in [0.5, 0.6) is 0 Å². The Morgan fingerprint density at radius 1 is 1.07 bits per heavy atom. The van der Waals surface area contributed by atoms with E-state index in [1.54, 1.807) is 43.3 Å². The Hall–Kier alpha value is -3.10. The van der Waals surface area contributed by atoms with Crippen LogP contribution >= 0.6 is 0 Å². The summed E-state index contributed by atoms with van der Waals surface area (Å²) in [5, 5.41) is 4.70. The van der Waals surface area contributed by atoms with Crippen molar-refractivity contribution in [3.05, 3.63) is 77.9 Å². The molecule has 0 bridgehead atoms.